The van der Waals surface area contributed by atoms with Crippen LogP contribution in [0.15, 0.2) is 29.2 Å². The van der Waals surface area contributed by atoms with Crippen molar-refractivity contribution in [2.45, 2.75) is 0 Å². The molecule has 0 bridgehead atoms. The second-order valence-electron chi connectivity index (χ2n) is 2.61. The van der Waals surface area contributed by atoms with Crippen LogP contribution in [-0.4, -0.2) is 22.4 Å². The number of aromatic hydroxyl groups is 1. The van der Waals surface area contributed by atoms with E-state index < -0.39 is 5.97 Å². The van der Waals surface area contributed by atoms with Gasteiger partial charge in [-0.1, -0.05) is 12.1 Å². The molecule has 2 N–H and O–H groups in total. The van der Waals surface area contributed by atoms with Crippen molar-refractivity contribution in [2.24, 2.45) is 0 Å². The molecule has 0 aliphatic carbocycles. The molecule has 0 spiro atoms. The Hall–Kier alpha value is -1.42. The van der Waals surface area contributed by atoms with E-state index in [1.54, 1.807) is 24.5 Å². The van der Waals surface area contributed by atoms with E-state index in [1.165, 1.54) is 23.9 Å². The third-order valence-electron chi connectivity index (χ3n) is 1.62. The third-order valence-corrected chi connectivity index (χ3v) is 2.35. The zero-order chi connectivity index (χ0) is 10.6. The number of carbonyl (C=O) groups is 1. The van der Waals surface area contributed by atoms with Crippen molar-refractivity contribution >= 4 is 23.8 Å². The van der Waals surface area contributed by atoms with Gasteiger partial charge in [0, 0.05) is 0 Å². The van der Waals surface area contributed by atoms with E-state index in [4.69, 9.17) is 10.2 Å². The summed E-state index contributed by atoms with van der Waals surface area (Å²) in [5.74, 6) is -0.770. The quantitative estimate of drug-likeness (QED) is 0.751. The average molecular weight is 210 g/mol. The van der Waals surface area contributed by atoms with Gasteiger partial charge >= 0.3 is 5.97 Å². The summed E-state index contributed by atoms with van der Waals surface area (Å²) in [4.78, 5) is 10.9. The first-order valence-electron chi connectivity index (χ1n) is 3.91. The number of thioether (sulfide) groups is 1. The standard InChI is InChI=1S/C10H10O3S/c1-14-9(10(12)13)6-7-2-4-8(11)5-3-7/h2-6,11H,1H3,(H,12,13)/b9-6+. The summed E-state index contributed by atoms with van der Waals surface area (Å²) in [6, 6.07) is 6.36. The Labute approximate surface area is 86.1 Å². The number of aliphatic carboxylic acids is 1. The number of carboxylic acid groups (broad SMARTS) is 1. The van der Waals surface area contributed by atoms with Crippen LogP contribution < -0.4 is 0 Å². The van der Waals surface area contributed by atoms with Gasteiger partial charge in [0.25, 0.3) is 0 Å². The molecule has 0 amide bonds. The molecular formula is C10H10O3S. The number of hydrogen-bond donors (Lipinski definition) is 2. The Balaban J connectivity index is 2.95. The number of carboxylic acids is 1. The molecular weight excluding hydrogens is 200 g/mol. The van der Waals surface area contributed by atoms with Gasteiger partial charge in [-0.25, -0.2) is 4.79 Å². The van der Waals surface area contributed by atoms with Crippen molar-refractivity contribution in [1.82, 2.24) is 0 Å². The zero-order valence-corrected chi connectivity index (χ0v) is 8.41. The summed E-state index contributed by atoms with van der Waals surface area (Å²) in [5, 5.41) is 17.8. The molecule has 4 heteroatoms. The normalized spacial score (nSPS) is 11.4. The Morgan fingerprint density at radius 1 is 1.36 bits per heavy atom. The topological polar surface area (TPSA) is 57.5 Å². The molecule has 1 aromatic carbocycles. The van der Waals surface area contributed by atoms with Crippen LogP contribution in [0, 0.1) is 0 Å². The Morgan fingerprint density at radius 3 is 2.36 bits per heavy atom. The smallest absolute Gasteiger partial charge is 0.342 e. The lowest BCUT2D eigenvalue weighted by Gasteiger charge is -1.98. The van der Waals surface area contributed by atoms with Crippen molar-refractivity contribution in [3.05, 3.63) is 34.7 Å². The molecule has 0 heterocycles. The Bertz CT molecular complexity index is 354. The van der Waals surface area contributed by atoms with E-state index in [-0.39, 0.29) is 10.7 Å². The number of rotatable bonds is 3. The third kappa shape index (κ3) is 2.81. The summed E-state index contributed by atoms with van der Waals surface area (Å²) < 4.78 is 0. The van der Waals surface area contributed by atoms with Crippen LogP contribution in [0.2, 0.25) is 0 Å². The Morgan fingerprint density at radius 2 is 1.93 bits per heavy atom. The van der Waals surface area contributed by atoms with Gasteiger partial charge in [0.05, 0.1) is 4.91 Å². The maximum Gasteiger partial charge on any atom is 0.342 e. The molecule has 0 radical (unpaired) electrons. The first kappa shape index (κ1) is 10.7. The largest absolute Gasteiger partial charge is 0.508 e. The zero-order valence-electron chi connectivity index (χ0n) is 7.60. The van der Waals surface area contributed by atoms with Crippen LogP contribution in [0.1, 0.15) is 5.56 Å². The van der Waals surface area contributed by atoms with Gasteiger partial charge < -0.3 is 10.2 Å². The summed E-state index contributed by atoms with van der Waals surface area (Å²) in [5.41, 5.74) is 0.759. The maximum atomic E-state index is 10.7. The molecule has 0 saturated carbocycles. The van der Waals surface area contributed by atoms with E-state index in [2.05, 4.69) is 0 Å². The number of hydrogen-bond acceptors (Lipinski definition) is 3. The minimum absolute atomic E-state index is 0.170. The van der Waals surface area contributed by atoms with Crippen molar-refractivity contribution in [3.8, 4) is 5.75 Å². The maximum absolute atomic E-state index is 10.7. The fourth-order valence-electron chi connectivity index (χ4n) is 0.930. The molecule has 0 unspecified atom stereocenters. The SMILES string of the molecule is CS/C(=C/c1ccc(O)cc1)C(=O)O. The molecule has 14 heavy (non-hydrogen) atoms. The predicted molar refractivity (Wildman–Crippen MR) is 57.2 cm³/mol. The molecule has 0 saturated heterocycles. The van der Waals surface area contributed by atoms with E-state index >= 15 is 0 Å². The molecule has 0 atom stereocenters. The van der Waals surface area contributed by atoms with E-state index in [9.17, 15) is 4.79 Å². The highest BCUT2D eigenvalue weighted by atomic mass is 32.2. The predicted octanol–water partition coefficient (Wildman–Crippen LogP) is 2.18. The van der Waals surface area contributed by atoms with Gasteiger partial charge in [-0.15, -0.1) is 11.8 Å². The lowest BCUT2D eigenvalue weighted by Crippen LogP contribution is -1.95. The molecule has 0 fully saturated rings. The first-order valence-corrected chi connectivity index (χ1v) is 5.14. The number of benzene rings is 1. The second kappa shape index (κ2) is 4.72. The highest BCUT2D eigenvalue weighted by Crippen LogP contribution is 2.18. The highest BCUT2D eigenvalue weighted by molar-refractivity contribution is 8.03. The monoisotopic (exact) mass is 210 g/mol. The highest BCUT2D eigenvalue weighted by Gasteiger charge is 2.04. The minimum atomic E-state index is -0.939. The van der Waals surface area contributed by atoms with E-state index in [0.717, 1.165) is 5.56 Å². The first-order chi connectivity index (χ1) is 6.63. The van der Waals surface area contributed by atoms with Gasteiger partial charge in [0.1, 0.15) is 5.75 Å². The summed E-state index contributed by atoms with van der Waals surface area (Å²) >= 11 is 1.18. The fraction of sp³-hybridized carbons (Fsp3) is 0.100. The van der Waals surface area contributed by atoms with E-state index in [0.29, 0.717) is 0 Å². The van der Waals surface area contributed by atoms with Gasteiger partial charge in [0.15, 0.2) is 0 Å². The summed E-state index contributed by atoms with van der Waals surface area (Å²) in [6.45, 7) is 0. The van der Waals surface area contributed by atoms with Crippen LogP contribution >= 0.6 is 11.8 Å². The number of phenolic OH excluding ortho intramolecular Hbond substituents is 1. The molecule has 0 aromatic heterocycles. The average Bonchev–Trinajstić information content (AvgIpc) is 2.16. The van der Waals surface area contributed by atoms with E-state index in [1.807, 2.05) is 0 Å². The summed E-state index contributed by atoms with van der Waals surface area (Å²) in [6.07, 6.45) is 3.27. The lowest BCUT2D eigenvalue weighted by atomic mass is 10.2. The Kier molecular flexibility index (Phi) is 3.59. The van der Waals surface area contributed by atoms with Crippen LogP contribution in [0.25, 0.3) is 6.08 Å². The lowest BCUT2D eigenvalue weighted by molar-refractivity contribution is -0.131. The van der Waals surface area contributed by atoms with Crippen LogP contribution in [0.5, 0.6) is 5.75 Å². The van der Waals surface area contributed by atoms with Crippen LogP contribution in [0.4, 0.5) is 0 Å². The molecule has 1 rings (SSSR count). The molecule has 1 aromatic rings. The van der Waals surface area contributed by atoms with Gasteiger partial charge in [0.2, 0.25) is 0 Å². The molecule has 74 valence electrons. The van der Waals surface area contributed by atoms with Crippen LogP contribution in [0.3, 0.4) is 0 Å². The summed E-state index contributed by atoms with van der Waals surface area (Å²) in [7, 11) is 0. The van der Waals surface area contributed by atoms with Crippen molar-refractivity contribution < 1.29 is 15.0 Å². The second-order valence-corrected chi connectivity index (χ2v) is 3.46. The molecule has 3 nitrogen and oxygen atoms in total. The van der Waals surface area contributed by atoms with Gasteiger partial charge in [-0.3, -0.25) is 0 Å². The molecule has 0 aliphatic heterocycles. The van der Waals surface area contributed by atoms with Crippen molar-refractivity contribution in [3.63, 3.8) is 0 Å². The van der Waals surface area contributed by atoms with Gasteiger partial charge in [-0.2, -0.15) is 0 Å². The van der Waals surface area contributed by atoms with Crippen molar-refractivity contribution in [2.75, 3.05) is 6.26 Å². The van der Waals surface area contributed by atoms with Gasteiger partial charge in [-0.05, 0) is 30.0 Å². The number of phenols is 1. The fourth-order valence-corrected chi connectivity index (χ4v) is 1.36. The minimum Gasteiger partial charge on any atom is -0.508 e. The van der Waals surface area contributed by atoms with Crippen molar-refractivity contribution in [1.29, 1.82) is 0 Å². The van der Waals surface area contributed by atoms with Crippen LogP contribution in [-0.2, 0) is 4.79 Å². The molecule has 0 aliphatic rings.